The van der Waals surface area contributed by atoms with E-state index in [1.807, 2.05) is 0 Å². The molecule has 2 aromatic rings. The first-order chi connectivity index (χ1) is 9.54. The zero-order valence-corrected chi connectivity index (χ0v) is 11.8. The predicted molar refractivity (Wildman–Crippen MR) is 73.3 cm³/mol. The van der Waals surface area contributed by atoms with Gasteiger partial charge in [-0.25, -0.2) is 0 Å². The van der Waals surface area contributed by atoms with Crippen molar-refractivity contribution in [3.05, 3.63) is 28.7 Å². The minimum Gasteiger partial charge on any atom is -0.382 e. The Labute approximate surface area is 120 Å². The molecule has 0 aromatic carbocycles. The number of carbonyl (C=O) groups excluding carboxylic acids is 1. The third-order valence-corrected chi connectivity index (χ3v) is 3.20. The van der Waals surface area contributed by atoms with Gasteiger partial charge in [0.25, 0.3) is 5.91 Å². The van der Waals surface area contributed by atoms with Crippen LogP contribution in [-0.2, 0) is 11.8 Å². The van der Waals surface area contributed by atoms with E-state index in [9.17, 15) is 4.79 Å². The molecular formula is C11H15ClN6O2. The van der Waals surface area contributed by atoms with Gasteiger partial charge in [-0.3, -0.25) is 14.6 Å². The summed E-state index contributed by atoms with van der Waals surface area (Å²) in [6.07, 6.45) is 1.64. The van der Waals surface area contributed by atoms with Crippen molar-refractivity contribution in [2.75, 3.05) is 19.5 Å². The highest BCUT2D eigenvalue weighted by Gasteiger charge is 2.22. The van der Waals surface area contributed by atoms with E-state index in [0.717, 1.165) is 5.69 Å². The summed E-state index contributed by atoms with van der Waals surface area (Å²) in [5.41, 5.74) is 6.42. The molecule has 2 aromatic heterocycles. The summed E-state index contributed by atoms with van der Waals surface area (Å²) in [5.74, 6) is -0.330. The largest absolute Gasteiger partial charge is 0.382 e. The summed E-state index contributed by atoms with van der Waals surface area (Å²) in [5, 5.41) is 13.1. The van der Waals surface area contributed by atoms with Crippen LogP contribution in [0.4, 0.5) is 5.82 Å². The Morgan fingerprint density at radius 1 is 1.70 bits per heavy atom. The summed E-state index contributed by atoms with van der Waals surface area (Å²) in [4.78, 5) is 12.2. The second kappa shape index (κ2) is 5.93. The molecule has 1 amide bonds. The first-order valence-corrected chi connectivity index (χ1v) is 6.19. The average Bonchev–Trinajstić information content (AvgIpc) is 2.97. The maximum absolute atomic E-state index is 12.2. The van der Waals surface area contributed by atoms with Gasteiger partial charge in [-0.15, -0.1) is 0 Å². The molecular weight excluding hydrogens is 284 g/mol. The summed E-state index contributed by atoms with van der Waals surface area (Å²) in [6.45, 7) is 0.298. The van der Waals surface area contributed by atoms with E-state index < -0.39 is 5.91 Å². The highest BCUT2D eigenvalue weighted by atomic mass is 35.5. The molecule has 2 heterocycles. The maximum Gasteiger partial charge on any atom is 0.271 e. The van der Waals surface area contributed by atoms with Crippen LogP contribution in [0.3, 0.4) is 0 Å². The number of carbonyl (C=O) groups is 1. The Morgan fingerprint density at radius 3 is 2.95 bits per heavy atom. The second-order valence-electron chi connectivity index (χ2n) is 4.16. The number of H-pyrrole nitrogens is 1. The number of aromatic nitrogens is 4. The maximum atomic E-state index is 12.2. The topological polar surface area (TPSA) is 111 Å². The van der Waals surface area contributed by atoms with Crippen molar-refractivity contribution in [3.63, 3.8) is 0 Å². The number of amides is 1. The van der Waals surface area contributed by atoms with Crippen molar-refractivity contribution in [3.8, 4) is 0 Å². The molecule has 4 N–H and O–H groups in total. The minimum absolute atomic E-state index is 0.0839. The number of hydrogen-bond donors (Lipinski definition) is 3. The third kappa shape index (κ3) is 2.75. The Kier molecular flexibility index (Phi) is 4.26. The van der Waals surface area contributed by atoms with Crippen molar-refractivity contribution in [1.82, 2.24) is 25.3 Å². The van der Waals surface area contributed by atoms with E-state index in [1.54, 1.807) is 31.1 Å². The fourth-order valence-corrected chi connectivity index (χ4v) is 1.99. The van der Waals surface area contributed by atoms with Crippen LogP contribution in [-0.4, -0.2) is 39.6 Å². The van der Waals surface area contributed by atoms with Crippen LogP contribution in [0.1, 0.15) is 22.2 Å². The predicted octanol–water partition coefficient (Wildman–Crippen LogP) is 0.496. The first kappa shape index (κ1) is 14.4. The highest BCUT2D eigenvalue weighted by Crippen LogP contribution is 2.21. The normalized spacial score (nSPS) is 12.3. The molecule has 0 aliphatic carbocycles. The zero-order chi connectivity index (χ0) is 14.7. The molecule has 0 fully saturated rings. The van der Waals surface area contributed by atoms with Gasteiger partial charge in [-0.05, 0) is 6.07 Å². The number of nitrogens with zero attached hydrogens (tertiary/aromatic N) is 3. The van der Waals surface area contributed by atoms with Crippen LogP contribution in [0.25, 0.3) is 0 Å². The number of ether oxygens (including phenoxy) is 1. The van der Waals surface area contributed by atoms with Gasteiger partial charge in [0.05, 0.1) is 18.3 Å². The molecule has 0 saturated heterocycles. The van der Waals surface area contributed by atoms with Gasteiger partial charge in [0.2, 0.25) is 0 Å². The van der Waals surface area contributed by atoms with E-state index in [-0.39, 0.29) is 22.6 Å². The van der Waals surface area contributed by atoms with Crippen molar-refractivity contribution in [1.29, 1.82) is 0 Å². The van der Waals surface area contributed by atoms with Gasteiger partial charge in [-0.2, -0.15) is 10.2 Å². The van der Waals surface area contributed by atoms with E-state index in [1.165, 1.54) is 0 Å². The highest BCUT2D eigenvalue weighted by molar-refractivity contribution is 6.35. The number of nitrogens with one attached hydrogen (secondary N) is 2. The molecule has 0 unspecified atom stereocenters. The smallest absolute Gasteiger partial charge is 0.271 e. The molecule has 0 bridgehead atoms. The van der Waals surface area contributed by atoms with Gasteiger partial charge in [0.15, 0.2) is 5.82 Å². The zero-order valence-electron chi connectivity index (χ0n) is 11.1. The molecule has 8 nitrogen and oxygen atoms in total. The lowest BCUT2D eigenvalue weighted by Gasteiger charge is -2.17. The Bertz CT molecular complexity index is 608. The molecule has 0 spiro atoms. The summed E-state index contributed by atoms with van der Waals surface area (Å²) >= 11 is 5.89. The standard InChI is InChI=1S/C11H15ClN6O2/c1-18-7(3-4-14-18)6(5-20-2)15-11(19)9-8(12)10(13)17-16-9/h3-4,6H,5H2,1-2H3,(H,15,19)(H3,13,16,17)/t6-/m1/s1. The molecule has 1 atom stereocenters. The Hall–Kier alpha value is -2.06. The second-order valence-corrected chi connectivity index (χ2v) is 4.54. The lowest BCUT2D eigenvalue weighted by molar-refractivity contribution is 0.0887. The van der Waals surface area contributed by atoms with E-state index in [2.05, 4.69) is 20.6 Å². The number of aryl methyl sites for hydroxylation is 1. The van der Waals surface area contributed by atoms with Crippen LogP contribution < -0.4 is 11.1 Å². The van der Waals surface area contributed by atoms with Crippen LogP contribution in [0.15, 0.2) is 12.3 Å². The van der Waals surface area contributed by atoms with Gasteiger partial charge < -0.3 is 15.8 Å². The van der Waals surface area contributed by atoms with Gasteiger partial charge in [0, 0.05) is 20.4 Å². The molecule has 0 saturated carbocycles. The van der Waals surface area contributed by atoms with Crippen LogP contribution in [0.5, 0.6) is 0 Å². The van der Waals surface area contributed by atoms with Crippen molar-refractivity contribution in [2.45, 2.75) is 6.04 Å². The number of halogens is 1. The Balaban J connectivity index is 2.19. The van der Waals surface area contributed by atoms with E-state index in [4.69, 9.17) is 22.1 Å². The van der Waals surface area contributed by atoms with Crippen LogP contribution in [0.2, 0.25) is 5.02 Å². The fraction of sp³-hybridized carbons (Fsp3) is 0.364. The minimum atomic E-state index is -0.414. The molecule has 0 aliphatic heterocycles. The van der Waals surface area contributed by atoms with Crippen molar-refractivity contribution in [2.24, 2.45) is 7.05 Å². The fourth-order valence-electron chi connectivity index (χ4n) is 1.82. The van der Waals surface area contributed by atoms with Crippen LogP contribution in [0, 0.1) is 0 Å². The van der Waals surface area contributed by atoms with E-state index in [0.29, 0.717) is 6.61 Å². The quantitative estimate of drug-likeness (QED) is 0.744. The summed E-state index contributed by atoms with van der Waals surface area (Å²) in [6, 6.07) is 1.44. The number of methoxy groups -OCH3 is 1. The van der Waals surface area contributed by atoms with Gasteiger partial charge in [-0.1, -0.05) is 11.6 Å². The first-order valence-electron chi connectivity index (χ1n) is 5.81. The van der Waals surface area contributed by atoms with Crippen molar-refractivity contribution < 1.29 is 9.53 Å². The van der Waals surface area contributed by atoms with Gasteiger partial charge >= 0.3 is 0 Å². The molecule has 0 radical (unpaired) electrons. The summed E-state index contributed by atoms with van der Waals surface area (Å²) in [7, 11) is 3.34. The average molecular weight is 299 g/mol. The van der Waals surface area contributed by atoms with Gasteiger partial charge in [0.1, 0.15) is 10.7 Å². The molecule has 9 heteroatoms. The SMILES string of the molecule is COC[C@@H](NC(=O)c1[nH]nc(N)c1Cl)c1ccnn1C. The number of hydrogen-bond acceptors (Lipinski definition) is 5. The number of rotatable bonds is 5. The molecule has 2 rings (SSSR count). The number of nitrogens with two attached hydrogens (primary N) is 1. The lowest BCUT2D eigenvalue weighted by atomic mass is 10.2. The van der Waals surface area contributed by atoms with E-state index >= 15 is 0 Å². The van der Waals surface area contributed by atoms with Crippen molar-refractivity contribution >= 4 is 23.3 Å². The van der Waals surface area contributed by atoms with Crippen LogP contribution >= 0.6 is 11.6 Å². The molecule has 20 heavy (non-hydrogen) atoms. The molecule has 108 valence electrons. The third-order valence-electron chi connectivity index (χ3n) is 2.81. The Morgan fingerprint density at radius 2 is 2.45 bits per heavy atom. The monoisotopic (exact) mass is 298 g/mol. The lowest BCUT2D eigenvalue weighted by Crippen LogP contribution is -2.33. The summed E-state index contributed by atoms with van der Waals surface area (Å²) < 4.78 is 6.78. The number of anilines is 1. The molecule has 0 aliphatic rings. The number of nitrogen functional groups attached to an aromatic ring is 1. The number of aromatic amines is 1.